The highest BCUT2D eigenvalue weighted by Gasteiger charge is 2.90. The molecule has 2 nitrogen and oxygen atoms in total. The molecule has 0 aromatic heterocycles. The molecule has 0 aliphatic heterocycles. The van der Waals surface area contributed by atoms with Crippen LogP contribution in [0.4, 0.5) is 57.1 Å². The minimum atomic E-state index is -7.99. The number of hydrogen-bond acceptors (Lipinski definition) is 2. The highest BCUT2D eigenvalue weighted by atomic mass is 19.4. The van der Waals surface area contributed by atoms with Gasteiger partial charge in [-0.1, -0.05) is 30.3 Å². The Balaban J connectivity index is 3.50. The monoisotopic (exact) mass is 496 g/mol. The summed E-state index contributed by atoms with van der Waals surface area (Å²) < 4.78 is 176. The molecule has 0 N–H and O–H groups in total. The van der Waals surface area contributed by atoms with Gasteiger partial charge in [0.25, 0.3) is 0 Å². The van der Waals surface area contributed by atoms with E-state index in [2.05, 4.69) is 4.74 Å². The third-order valence-corrected chi connectivity index (χ3v) is 4.23. The molecular weight excluding hydrogens is 483 g/mol. The van der Waals surface area contributed by atoms with Gasteiger partial charge in [-0.25, -0.2) is 0 Å². The number of halogens is 13. The van der Waals surface area contributed by atoms with E-state index in [1.54, 1.807) is 0 Å². The molecule has 0 aliphatic rings. The molecule has 0 spiro atoms. The molecule has 0 heterocycles. The van der Waals surface area contributed by atoms with E-state index in [1.165, 1.54) is 6.07 Å². The van der Waals surface area contributed by atoms with E-state index in [9.17, 15) is 61.9 Å². The van der Waals surface area contributed by atoms with Gasteiger partial charge in [0.05, 0.1) is 12.5 Å². The van der Waals surface area contributed by atoms with Gasteiger partial charge in [0.1, 0.15) is 0 Å². The van der Waals surface area contributed by atoms with Gasteiger partial charge in [-0.3, -0.25) is 4.79 Å². The first-order valence-corrected chi connectivity index (χ1v) is 8.36. The lowest BCUT2D eigenvalue weighted by Gasteiger charge is -2.40. The zero-order valence-electron chi connectivity index (χ0n) is 15.6. The Morgan fingerprint density at radius 3 is 1.59 bits per heavy atom. The SMILES string of the molecule is CCOC(=O)C(CC(F)(F)C(F)(F)C(F)(F)C(F)(F)C(F)(F)C(F)(F)F)c1ccccc1. The molecular formula is C17H13F13O2. The van der Waals surface area contributed by atoms with Crippen molar-refractivity contribution in [2.75, 3.05) is 6.61 Å². The lowest BCUT2D eigenvalue weighted by Crippen LogP contribution is -2.70. The van der Waals surface area contributed by atoms with E-state index in [1.807, 2.05) is 0 Å². The second kappa shape index (κ2) is 8.61. The van der Waals surface area contributed by atoms with E-state index in [0.29, 0.717) is 0 Å². The molecule has 184 valence electrons. The van der Waals surface area contributed by atoms with Gasteiger partial charge < -0.3 is 4.74 Å². The zero-order valence-corrected chi connectivity index (χ0v) is 15.6. The molecule has 1 unspecified atom stereocenters. The molecule has 0 radical (unpaired) electrons. The Labute approximate surface area is 171 Å². The van der Waals surface area contributed by atoms with Crippen LogP contribution in [0.1, 0.15) is 24.8 Å². The van der Waals surface area contributed by atoms with Crippen molar-refractivity contribution in [3.8, 4) is 0 Å². The predicted octanol–water partition coefficient (Wildman–Crippen LogP) is 6.46. The van der Waals surface area contributed by atoms with Crippen molar-refractivity contribution >= 4 is 5.97 Å². The maximum atomic E-state index is 14.2. The Bertz CT molecular complexity index is 787. The Kier molecular flexibility index (Phi) is 7.49. The molecule has 0 amide bonds. The Morgan fingerprint density at radius 1 is 0.750 bits per heavy atom. The average molecular weight is 496 g/mol. The molecule has 15 heteroatoms. The summed E-state index contributed by atoms with van der Waals surface area (Å²) in [5.74, 6) is -41.7. The molecule has 0 fully saturated rings. The summed E-state index contributed by atoms with van der Waals surface area (Å²) in [6, 6.07) is 5.18. The van der Waals surface area contributed by atoms with Crippen LogP contribution in [0.5, 0.6) is 0 Å². The van der Waals surface area contributed by atoms with Crippen LogP contribution in [0.3, 0.4) is 0 Å². The molecule has 32 heavy (non-hydrogen) atoms. The normalized spacial score (nSPS) is 15.4. The number of alkyl halides is 13. The maximum Gasteiger partial charge on any atom is 0.460 e. The van der Waals surface area contributed by atoms with Crippen molar-refractivity contribution in [2.24, 2.45) is 0 Å². The highest BCUT2D eigenvalue weighted by Crippen LogP contribution is 2.61. The lowest BCUT2D eigenvalue weighted by atomic mass is 9.86. The van der Waals surface area contributed by atoms with Gasteiger partial charge in [-0.05, 0) is 12.5 Å². The van der Waals surface area contributed by atoms with Crippen LogP contribution in [-0.2, 0) is 9.53 Å². The molecule has 1 rings (SSSR count). The van der Waals surface area contributed by atoms with Gasteiger partial charge in [-0.2, -0.15) is 57.1 Å². The minimum absolute atomic E-state index is 0.518. The zero-order chi connectivity index (χ0) is 25.4. The fourth-order valence-electron chi connectivity index (χ4n) is 2.45. The van der Waals surface area contributed by atoms with Gasteiger partial charge >= 0.3 is 41.8 Å². The molecule has 0 saturated carbocycles. The summed E-state index contributed by atoms with van der Waals surface area (Å²) in [6.07, 6.45) is -10.2. The van der Waals surface area contributed by atoms with Crippen LogP contribution in [0, 0.1) is 0 Å². The van der Waals surface area contributed by atoms with E-state index < -0.39 is 66.3 Å². The largest absolute Gasteiger partial charge is 0.466 e. The first-order chi connectivity index (χ1) is 14.2. The fourth-order valence-corrected chi connectivity index (χ4v) is 2.45. The third kappa shape index (κ3) is 4.47. The molecule has 1 aromatic rings. The number of hydrogen-bond donors (Lipinski definition) is 0. The van der Waals surface area contributed by atoms with E-state index in [-0.39, 0.29) is 0 Å². The van der Waals surface area contributed by atoms with E-state index in [4.69, 9.17) is 0 Å². The summed E-state index contributed by atoms with van der Waals surface area (Å²) in [6.45, 7) is 0.622. The summed E-state index contributed by atoms with van der Waals surface area (Å²) in [5, 5.41) is 0. The van der Waals surface area contributed by atoms with Crippen LogP contribution < -0.4 is 0 Å². The number of esters is 1. The topological polar surface area (TPSA) is 26.3 Å². The number of rotatable bonds is 9. The van der Waals surface area contributed by atoms with Crippen molar-refractivity contribution in [3.63, 3.8) is 0 Å². The number of ether oxygens (including phenoxy) is 1. The summed E-state index contributed by atoms with van der Waals surface area (Å²) >= 11 is 0. The number of benzene rings is 1. The standard InChI is InChI=1S/C17H13F13O2/c1-2-32-11(31)10(9-6-4-3-5-7-9)8-12(18,19)13(20,21)14(22,23)15(24,25)16(26,27)17(28,29)30/h3-7,10H,2,8H2,1H3. The van der Waals surface area contributed by atoms with Crippen LogP contribution in [0.25, 0.3) is 0 Å². The smallest absolute Gasteiger partial charge is 0.460 e. The predicted molar refractivity (Wildman–Crippen MR) is 81.2 cm³/mol. The van der Waals surface area contributed by atoms with Gasteiger partial charge in [0, 0.05) is 6.42 Å². The van der Waals surface area contributed by atoms with Crippen LogP contribution in [0.2, 0.25) is 0 Å². The van der Waals surface area contributed by atoms with Gasteiger partial charge in [0.15, 0.2) is 0 Å². The second-order valence-corrected chi connectivity index (χ2v) is 6.42. The lowest BCUT2D eigenvalue weighted by molar-refractivity contribution is -0.440. The van der Waals surface area contributed by atoms with Crippen LogP contribution in [-0.4, -0.2) is 48.4 Å². The molecule has 1 atom stereocenters. The van der Waals surface area contributed by atoms with Crippen molar-refractivity contribution in [1.29, 1.82) is 0 Å². The first kappa shape index (κ1) is 27.8. The van der Waals surface area contributed by atoms with Crippen molar-refractivity contribution < 1.29 is 66.6 Å². The molecule has 0 saturated heterocycles. The van der Waals surface area contributed by atoms with Gasteiger partial charge in [-0.15, -0.1) is 0 Å². The molecule has 0 aliphatic carbocycles. The molecule has 1 aromatic carbocycles. The summed E-state index contributed by atoms with van der Waals surface area (Å²) in [4.78, 5) is 11.9. The Hall–Kier alpha value is -2.22. The van der Waals surface area contributed by atoms with Gasteiger partial charge in [0.2, 0.25) is 0 Å². The fraction of sp³-hybridized carbons (Fsp3) is 0.588. The third-order valence-electron chi connectivity index (χ3n) is 4.23. The number of carbonyl (C=O) groups is 1. The number of carbonyl (C=O) groups excluding carboxylic acids is 1. The van der Waals surface area contributed by atoms with Crippen LogP contribution in [0.15, 0.2) is 30.3 Å². The summed E-state index contributed by atoms with van der Waals surface area (Å²) in [5.41, 5.74) is -0.530. The highest BCUT2D eigenvalue weighted by molar-refractivity contribution is 5.78. The Morgan fingerprint density at radius 2 is 1.19 bits per heavy atom. The van der Waals surface area contributed by atoms with E-state index in [0.717, 1.165) is 31.2 Å². The second-order valence-electron chi connectivity index (χ2n) is 6.42. The minimum Gasteiger partial charge on any atom is -0.466 e. The first-order valence-electron chi connectivity index (χ1n) is 8.36. The average Bonchev–Trinajstić information content (AvgIpc) is 2.65. The molecule has 0 bridgehead atoms. The van der Waals surface area contributed by atoms with E-state index >= 15 is 0 Å². The van der Waals surface area contributed by atoms with Crippen LogP contribution >= 0.6 is 0 Å². The maximum absolute atomic E-state index is 14.2. The van der Waals surface area contributed by atoms with Crippen molar-refractivity contribution in [3.05, 3.63) is 35.9 Å². The quantitative estimate of drug-likeness (QED) is 0.290. The van der Waals surface area contributed by atoms with Crippen molar-refractivity contribution in [2.45, 2.75) is 55.1 Å². The van der Waals surface area contributed by atoms with Crippen molar-refractivity contribution in [1.82, 2.24) is 0 Å². The summed E-state index contributed by atoms with van der Waals surface area (Å²) in [7, 11) is 0.